The molecule has 2 rings (SSSR count). The number of benzene rings is 1. The van der Waals surface area contributed by atoms with Gasteiger partial charge in [-0.25, -0.2) is 4.98 Å². The van der Waals surface area contributed by atoms with E-state index in [0.29, 0.717) is 5.92 Å². The highest BCUT2D eigenvalue weighted by Crippen LogP contribution is 2.33. The summed E-state index contributed by atoms with van der Waals surface area (Å²) in [5.41, 5.74) is 2.26. The van der Waals surface area contributed by atoms with E-state index in [-0.39, 0.29) is 0 Å². The number of aromatic nitrogens is 1. The second kappa shape index (κ2) is 6.06. The number of hydrogen-bond acceptors (Lipinski definition) is 4. The average Bonchev–Trinajstić information content (AvgIpc) is 2.78. The van der Waals surface area contributed by atoms with Crippen molar-refractivity contribution in [3.63, 3.8) is 0 Å². The van der Waals surface area contributed by atoms with Crippen molar-refractivity contribution in [2.45, 2.75) is 20.8 Å². The molecule has 0 aliphatic heterocycles. The summed E-state index contributed by atoms with van der Waals surface area (Å²) in [5, 5.41) is 4.38. The minimum atomic E-state index is 0.619. The van der Waals surface area contributed by atoms with Crippen molar-refractivity contribution in [2.24, 2.45) is 5.92 Å². The van der Waals surface area contributed by atoms with E-state index < -0.39 is 0 Å². The van der Waals surface area contributed by atoms with Gasteiger partial charge in [0.15, 0.2) is 5.13 Å². The van der Waals surface area contributed by atoms with Gasteiger partial charge in [-0.15, -0.1) is 0 Å². The molecule has 1 N–H and O–H groups in total. The lowest BCUT2D eigenvalue weighted by atomic mass is 10.1. The number of rotatable bonds is 5. The van der Waals surface area contributed by atoms with E-state index in [1.807, 2.05) is 12.1 Å². The first-order chi connectivity index (χ1) is 9.10. The van der Waals surface area contributed by atoms with Crippen LogP contribution in [-0.4, -0.2) is 18.6 Å². The number of methoxy groups -OCH3 is 1. The molecular weight excluding hydrogens is 256 g/mol. The zero-order valence-corrected chi connectivity index (χ0v) is 12.7. The second-order valence-electron chi connectivity index (χ2n) is 4.94. The Hall–Kier alpha value is -1.55. The molecule has 1 aromatic carbocycles. The standard InChI is InChI=1S/C15H20N2OS/c1-10(2)9-16-15-17-11(3)14(19-15)12-5-7-13(18-4)8-6-12/h5-8,10H,9H2,1-4H3,(H,16,17). The van der Waals surface area contributed by atoms with Crippen LogP contribution in [0.1, 0.15) is 19.5 Å². The van der Waals surface area contributed by atoms with Gasteiger partial charge in [0.1, 0.15) is 5.75 Å². The summed E-state index contributed by atoms with van der Waals surface area (Å²) in [7, 11) is 1.68. The molecule has 0 aliphatic carbocycles. The molecule has 0 amide bonds. The van der Waals surface area contributed by atoms with Crippen molar-refractivity contribution >= 4 is 16.5 Å². The van der Waals surface area contributed by atoms with Gasteiger partial charge < -0.3 is 10.1 Å². The molecule has 0 aliphatic rings. The van der Waals surface area contributed by atoms with Crippen LogP contribution in [0.25, 0.3) is 10.4 Å². The first-order valence-corrected chi connectivity index (χ1v) is 7.27. The topological polar surface area (TPSA) is 34.1 Å². The number of nitrogens with one attached hydrogen (secondary N) is 1. The molecule has 19 heavy (non-hydrogen) atoms. The Labute approximate surface area is 118 Å². The van der Waals surface area contributed by atoms with Gasteiger partial charge in [0.05, 0.1) is 17.7 Å². The fourth-order valence-corrected chi connectivity index (χ4v) is 2.75. The summed E-state index contributed by atoms with van der Waals surface area (Å²) in [5.74, 6) is 1.50. The SMILES string of the molecule is COc1ccc(-c2sc(NCC(C)C)nc2C)cc1. The second-order valence-corrected chi connectivity index (χ2v) is 5.94. The average molecular weight is 276 g/mol. The lowest BCUT2D eigenvalue weighted by molar-refractivity contribution is 0.415. The molecule has 2 aromatic rings. The number of aryl methyl sites for hydroxylation is 1. The summed E-state index contributed by atoms with van der Waals surface area (Å²) in [6.45, 7) is 7.39. The van der Waals surface area contributed by atoms with Crippen LogP contribution in [0.4, 0.5) is 5.13 Å². The maximum Gasteiger partial charge on any atom is 0.183 e. The van der Waals surface area contributed by atoms with Crippen LogP contribution >= 0.6 is 11.3 Å². The first kappa shape index (κ1) is 13.9. The van der Waals surface area contributed by atoms with Crippen LogP contribution in [0.2, 0.25) is 0 Å². The van der Waals surface area contributed by atoms with Crippen LogP contribution in [0.15, 0.2) is 24.3 Å². The third kappa shape index (κ3) is 3.47. The third-order valence-corrected chi connectivity index (χ3v) is 3.97. The molecule has 0 radical (unpaired) electrons. The van der Waals surface area contributed by atoms with Gasteiger partial charge in [-0.1, -0.05) is 25.2 Å². The van der Waals surface area contributed by atoms with E-state index >= 15 is 0 Å². The summed E-state index contributed by atoms with van der Waals surface area (Å²) < 4.78 is 5.18. The summed E-state index contributed by atoms with van der Waals surface area (Å²) >= 11 is 1.71. The lowest BCUT2D eigenvalue weighted by Gasteiger charge is -2.04. The van der Waals surface area contributed by atoms with E-state index in [2.05, 4.69) is 43.2 Å². The minimum absolute atomic E-state index is 0.619. The Morgan fingerprint density at radius 2 is 1.95 bits per heavy atom. The van der Waals surface area contributed by atoms with E-state index in [9.17, 15) is 0 Å². The number of ether oxygens (including phenoxy) is 1. The van der Waals surface area contributed by atoms with E-state index in [0.717, 1.165) is 23.1 Å². The minimum Gasteiger partial charge on any atom is -0.497 e. The monoisotopic (exact) mass is 276 g/mol. The van der Waals surface area contributed by atoms with Gasteiger partial charge in [0, 0.05) is 6.54 Å². The first-order valence-electron chi connectivity index (χ1n) is 6.46. The van der Waals surface area contributed by atoms with E-state index in [4.69, 9.17) is 4.74 Å². The highest BCUT2D eigenvalue weighted by molar-refractivity contribution is 7.19. The van der Waals surface area contributed by atoms with E-state index in [1.54, 1.807) is 18.4 Å². The predicted octanol–water partition coefficient (Wildman–Crippen LogP) is 4.20. The van der Waals surface area contributed by atoms with Crippen LogP contribution in [0.3, 0.4) is 0 Å². The smallest absolute Gasteiger partial charge is 0.183 e. The number of anilines is 1. The Morgan fingerprint density at radius 1 is 1.26 bits per heavy atom. The molecule has 0 spiro atoms. The highest BCUT2D eigenvalue weighted by Gasteiger charge is 2.09. The maximum atomic E-state index is 5.18. The fraction of sp³-hybridized carbons (Fsp3) is 0.400. The number of hydrogen-bond donors (Lipinski definition) is 1. The Balaban J connectivity index is 2.19. The Morgan fingerprint density at radius 3 is 2.53 bits per heavy atom. The van der Waals surface area contributed by atoms with Crippen LogP contribution < -0.4 is 10.1 Å². The molecule has 0 bridgehead atoms. The number of nitrogens with zero attached hydrogens (tertiary/aromatic N) is 1. The van der Waals surface area contributed by atoms with Crippen LogP contribution in [0, 0.1) is 12.8 Å². The molecule has 102 valence electrons. The Bertz CT molecular complexity index is 532. The lowest BCUT2D eigenvalue weighted by Crippen LogP contribution is -2.07. The molecule has 0 fully saturated rings. The largest absolute Gasteiger partial charge is 0.497 e. The molecule has 0 atom stereocenters. The van der Waals surface area contributed by atoms with Crippen molar-refractivity contribution in [1.82, 2.24) is 4.98 Å². The summed E-state index contributed by atoms with van der Waals surface area (Å²) in [6, 6.07) is 8.11. The van der Waals surface area contributed by atoms with Gasteiger partial charge >= 0.3 is 0 Å². The Kier molecular flexibility index (Phi) is 4.43. The third-order valence-electron chi connectivity index (χ3n) is 2.81. The van der Waals surface area contributed by atoms with Gasteiger partial charge in [0.25, 0.3) is 0 Å². The van der Waals surface area contributed by atoms with Crippen molar-refractivity contribution in [2.75, 3.05) is 19.0 Å². The van der Waals surface area contributed by atoms with Gasteiger partial charge in [0.2, 0.25) is 0 Å². The van der Waals surface area contributed by atoms with Crippen molar-refractivity contribution in [1.29, 1.82) is 0 Å². The van der Waals surface area contributed by atoms with E-state index in [1.165, 1.54) is 10.4 Å². The molecule has 1 aromatic heterocycles. The van der Waals surface area contributed by atoms with Gasteiger partial charge in [-0.05, 0) is 42.7 Å². The van der Waals surface area contributed by atoms with Crippen molar-refractivity contribution in [3.8, 4) is 16.2 Å². The highest BCUT2D eigenvalue weighted by atomic mass is 32.1. The van der Waals surface area contributed by atoms with Crippen LogP contribution in [0.5, 0.6) is 5.75 Å². The van der Waals surface area contributed by atoms with Crippen molar-refractivity contribution < 1.29 is 4.74 Å². The quantitative estimate of drug-likeness (QED) is 0.889. The van der Waals surface area contributed by atoms with Gasteiger partial charge in [-0.3, -0.25) is 0 Å². The normalized spacial score (nSPS) is 10.8. The molecule has 4 heteroatoms. The van der Waals surface area contributed by atoms with Gasteiger partial charge in [-0.2, -0.15) is 0 Å². The zero-order chi connectivity index (χ0) is 13.8. The summed E-state index contributed by atoms with van der Waals surface area (Å²) in [6.07, 6.45) is 0. The molecule has 0 unspecified atom stereocenters. The molecular formula is C15H20N2OS. The summed E-state index contributed by atoms with van der Waals surface area (Å²) in [4.78, 5) is 5.79. The number of thiazole rings is 1. The molecule has 0 saturated heterocycles. The molecule has 0 saturated carbocycles. The fourth-order valence-electron chi connectivity index (χ4n) is 1.77. The van der Waals surface area contributed by atoms with Crippen LogP contribution in [-0.2, 0) is 0 Å². The zero-order valence-electron chi connectivity index (χ0n) is 11.9. The predicted molar refractivity (Wildman–Crippen MR) is 82.2 cm³/mol. The molecule has 3 nitrogen and oxygen atoms in total. The molecule has 1 heterocycles. The van der Waals surface area contributed by atoms with Crippen molar-refractivity contribution in [3.05, 3.63) is 30.0 Å². The maximum absolute atomic E-state index is 5.18.